The predicted molar refractivity (Wildman–Crippen MR) is 79.7 cm³/mol. The molecule has 0 aliphatic carbocycles. The second-order valence-corrected chi connectivity index (χ2v) is 4.36. The molecule has 0 aliphatic heterocycles. The molecule has 0 aliphatic rings. The van der Waals surface area contributed by atoms with Crippen LogP contribution in [0.1, 0.15) is 31.9 Å². The van der Waals surface area contributed by atoms with Gasteiger partial charge in [-0.15, -0.1) is 12.4 Å². The summed E-state index contributed by atoms with van der Waals surface area (Å²) in [4.78, 5) is 0. The molecule has 0 fully saturated rings. The van der Waals surface area contributed by atoms with Crippen molar-refractivity contribution in [2.75, 3.05) is 21.3 Å². The molecule has 1 aromatic carbocycles. The van der Waals surface area contributed by atoms with Crippen LogP contribution in [0.4, 0.5) is 0 Å². The van der Waals surface area contributed by atoms with Gasteiger partial charge in [0.15, 0.2) is 0 Å². The van der Waals surface area contributed by atoms with Crippen molar-refractivity contribution >= 4 is 12.4 Å². The van der Waals surface area contributed by atoms with Crippen molar-refractivity contribution in [3.05, 3.63) is 17.7 Å². The molecule has 2 N–H and O–H groups in total. The van der Waals surface area contributed by atoms with E-state index in [4.69, 9.17) is 19.9 Å². The fraction of sp³-hybridized carbons (Fsp3) is 0.571. The van der Waals surface area contributed by atoms with E-state index in [0.717, 1.165) is 12.0 Å². The van der Waals surface area contributed by atoms with Crippen molar-refractivity contribution in [1.29, 1.82) is 0 Å². The normalized spacial score (nSPS) is 13.2. The molecule has 110 valence electrons. The van der Waals surface area contributed by atoms with Crippen LogP contribution in [0.2, 0.25) is 0 Å². The average molecular weight is 290 g/mol. The number of benzene rings is 1. The van der Waals surface area contributed by atoms with E-state index in [1.165, 1.54) is 0 Å². The third-order valence-corrected chi connectivity index (χ3v) is 3.34. The lowest BCUT2D eigenvalue weighted by Gasteiger charge is -2.23. The molecule has 0 saturated heterocycles. The topological polar surface area (TPSA) is 53.7 Å². The molecule has 0 saturated carbocycles. The number of ether oxygens (including phenoxy) is 3. The van der Waals surface area contributed by atoms with Gasteiger partial charge in [0.2, 0.25) is 0 Å². The first-order valence-electron chi connectivity index (χ1n) is 6.14. The second kappa shape index (κ2) is 8.12. The Labute approximate surface area is 121 Å². The maximum absolute atomic E-state index is 6.29. The van der Waals surface area contributed by atoms with Gasteiger partial charge in [-0.1, -0.05) is 20.3 Å². The van der Waals surface area contributed by atoms with Gasteiger partial charge in [0.1, 0.15) is 17.2 Å². The second-order valence-electron chi connectivity index (χ2n) is 4.36. The van der Waals surface area contributed by atoms with E-state index < -0.39 is 0 Å². The van der Waals surface area contributed by atoms with Crippen LogP contribution >= 0.6 is 12.4 Å². The highest BCUT2D eigenvalue weighted by Gasteiger charge is 2.23. The van der Waals surface area contributed by atoms with E-state index in [9.17, 15) is 0 Å². The lowest BCUT2D eigenvalue weighted by Crippen LogP contribution is -2.20. The minimum atomic E-state index is -0.120. The first-order chi connectivity index (χ1) is 8.58. The van der Waals surface area contributed by atoms with Crippen molar-refractivity contribution in [3.8, 4) is 17.2 Å². The Hall–Kier alpha value is -1.13. The molecule has 0 amide bonds. The van der Waals surface area contributed by atoms with Gasteiger partial charge in [-0.25, -0.2) is 0 Å². The molecule has 0 spiro atoms. The molecule has 0 heterocycles. The number of hydrogen-bond donors (Lipinski definition) is 1. The van der Waals surface area contributed by atoms with Crippen LogP contribution in [-0.4, -0.2) is 21.3 Å². The van der Waals surface area contributed by atoms with E-state index in [0.29, 0.717) is 23.2 Å². The summed E-state index contributed by atoms with van der Waals surface area (Å²) in [5.41, 5.74) is 7.19. The zero-order valence-corrected chi connectivity index (χ0v) is 13.0. The van der Waals surface area contributed by atoms with Crippen molar-refractivity contribution in [3.63, 3.8) is 0 Å². The van der Waals surface area contributed by atoms with Gasteiger partial charge in [0, 0.05) is 18.2 Å². The van der Waals surface area contributed by atoms with Gasteiger partial charge >= 0.3 is 0 Å². The standard InChI is InChI=1S/C14H23NO3.ClH/c1-6-9(2)14(15)13-11(17-4)7-10(16-3)8-12(13)18-5;/h7-9,14H,6,15H2,1-5H3;1H/t9?,14-;/m1./s1. The number of rotatable bonds is 6. The van der Waals surface area contributed by atoms with Crippen LogP contribution in [0.3, 0.4) is 0 Å². The largest absolute Gasteiger partial charge is 0.496 e. The molecule has 4 nitrogen and oxygen atoms in total. The Kier molecular flexibility index (Phi) is 7.64. The Bertz CT molecular complexity index is 373. The Balaban J connectivity index is 0.00000324. The van der Waals surface area contributed by atoms with Gasteiger partial charge in [-0.2, -0.15) is 0 Å². The predicted octanol–water partition coefficient (Wildman–Crippen LogP) is 3.18. The smallest absolute Gasteiger partial charge is 0.131 e. The Morgan fingerprint density at radius 3 is 1.84 bits per heavy atom. The van der Waals surface area contributed by atoms with Crippen molar-refractivity contribution < 1.29 is 14.2 Å². The molecule has 5 heteroatoms. The van der Waals surface area contributed by atoms with E-state index in [2.05, 4.69) is 13.8 Å². The molecule has 1 unspecified atom stereocenters. The summed E-state index contributed by atoms with van der Waals surface area (Å²) < 4.78 is 16.0. The highest BCUT2D eigenvalue weighted by atomic mass is 35.5. The minimum absolute atomic E-state index is 0. The zero-order chi connectivity index (χ0) is 13.7. The quantitative estimate of drug-likeness (QED) is 0.874. The SMILES string of the molecule is CCC(C)[C@@H](N)c1c(OC)cc(OC)cc1OC.Cl. The third-order valence-electron chi connectivity index (χ3n) is 3.34. The minimum Gasteiger partial charge on any atom is -0.496 e. The number of hydrogen-bond acceptors (Lipinski definition) is 4. The highest BCUT2D eigenvalue weighted by Crippen LogP contribution is 2.40. The highest BCUT2D eigenvalue weighted by molar-refractivity contribution is 5.85. The number of methoxy groups -OCH3 is 3. The van der Waals surface area contributed by atoms with Crippen molar-refractivity contribution in [2.24, 2.45) is 11.7 Å². The first-order valence-corrected chi connectivity index (χ1v) is 6.14. The fourth-order valence-electron chi connectivity index (χ4n) is 1.90. The van der Waals surface area contributed by atoms with Crippen LogP contribution in [0.15, 0.2) is 12.1 Å². The van der Waals surface area contributed by atoms with Crippen LogP contribution < -0.4 is 19.9 Å². The Morgan fingerprint density at radius 1 is 1.05 bits per heavy atom. The molecule has 19 heavy (non-hydrogen) atoms. The van der Waals surface area contributed by atoms with Gasteiger partial charge < -0.3 is 19.9 Å². The molecule has 0 aromatic heterocycles. The van der Waals surface area contributed by atoms with Gasteiger partial charge in [0.25, 0.3) is 0 Å². The lowest BCUT2D eigenvalue weighted by atomic mass is 9.92. The van der Waals surface area contributed by atoms with E-state index in [1.54, 1.807) is 21.3 Å². The number of halogens is 1. The van der Waals surface area contributed by atoms with E-state index in [1.807, 2.05) is 12.1 Å². The molecular formula is C14H24ClNO3. The summed E-state index contributed by atoms with van der Waals surface area (Å²) in [6.45, 7) is 4.24. The zero-order valence-electron chi connectivity index (χ0n) is 12.2. The summed E-state index contributed by atoms with van der Waals surface area (Å²) in [6.07, 6.45) is 1.000. The van der Waals surface area contributed by atoms with E-state index in [-0.39, 0.29) is 18.4 Å². The maximum atomic E-state index is 6.29. The third kappa shape index (κ3) is 3.91. The summed E-state index contributed by atoms with van der Waals surface area (Å²) in [7, 11) is 4.87. The van der Waals surface area contributed by atoms with Crippen LogP contribution in [-0.2, 0) is 0 Å². The van der Waals surface area contributed by atoms with Gasteiger partial charge in [-0.05, 0) is 5.92 Å². The summed E-state index contributed by atoms with van der Waals surface area (Å²) in [6, 6.07) is 3.55. The van der Waals surface area contributed by atoms with Crippen LogP contribution in [0.25, 0.3) is 0 Å². The maximum Gasteiger partial charge on any atom is 0.131 e. The number of nitrogens with two attached hydrogens (primary N) is 1. The molecule has 1 rings (SSSR count). The van der Waals surface area contributed by atoms with Gasteiger partial charge in [-0.3, -0.25) is 0 Å². The summed E-state index contributed by atoms with van der Waals surface area (Å²) >= 11 is 0. The molecule has 2 atom stereocenters. The fourth-order valence-corrected chi connectivity index (χ4v) is 1.90. The van der Waals surface area contributed by atoms with Gasteiger partial charge in [0.05, 0.1) is 26.9 Å². The molecule has 1 aromatic rings. The van der Waals surface area contributed by atoms with Crippen molar-refractivity contribution in [2.45, 2.75) is 26.3 Å². The lowest BCUT2D eigenvalue weighted by molar-refractivity contribution is 0.350. The molecule has 0 radical (unpaired) electrons. The average Bonchev–Trinajstić information content (AvgIpc) is 2.43. The Morgan fingerprint density at radius 2 is 1.53 bits per heavy atom. The first kappa shape index (κ1) is 17.9. The monoisotopic (exact) mass is 289 g/mol. The molecule has 0 bridgehead atoms. The summed E-state index contributed by atoms with van der Waals surface area (Å²) in [5, 5.41) is 0. The van der Waals surface area contributed by atoms with Crippen molar-refractivity contribution in [1.82, 2.24) is 0 Å². The van der Waals surface area contributed by atoms with Crippen LogP contribution in [0.5, 0.6) is 17.2 Å². The molecular weight excluding hydrogens is 266 g/mol. The van der Waals surface area contributed by atoms with E-state index >= 15 is 0 Å². The summed E-state index contributed by atoms with van der Waals surface area (Å²) in [5.74, 6) is 2.46. The van der Waals surface area contributed by atoms with Crippen LogP contribution in [0, 0.1) is 5.92 Å².